The van der Waals surface area contributed by atoms with Gasteiger partial charge in [0.25, 0.3) is 0 Å². The Labute approximate surface area is 122 Å². The third-order valence-corrected chi connectivity index (χ3v) is 5.27. The fraction of sp³-hybridized carbons (Fsp3) is 0.938. The van der Waals surface area contributed by atoms with E-state index in [1.165, 1.54) is 6.42 Å². The predicted octanol–water partition coefficient (Wildman–Crippen LogP) is 2.21. The van der Waals surface area contributed by atoms with Gasteiger partial charge in [0.1, 0.15) is 0 Å². The van der Waals surface area contributed by atoms with Crippen molar-refractivity contribution in [1.82, 2.24) is 5.32 Å². The predicted molar refractivity (Wildman–Crippen MR) is 80.3 cm³/mol. The Morgan fingerprint density at radius 1 is 1.30 bits per heavy atom. The Morgan fingerprint density at radius 2 is 2.00 bits per heavy atom. The molecular formula is C16H30N2O2. The average Bonchev–Trinajstić information content (AvgIpc) is 2.62. The van der Waals surface area contributed by atoms with E-state index in [1.54, 1.807) is 0 Å². The van der Waals surface area contributed by atoms with Crippen molar-refractivity contribution in [2.24, 2.45) is 17.1 Å². The van der Waals surface area contributed by atoms with Gasteiger partial charge in [-0.1, -0.05) is 33.1 Å². The first-order valence-electron chi connectivity index (χ1n) is 8.14. The topological polar surface area (TPSA) is 64.3 Å². The van der Waals surface area contributed by atoms with Crippen LogP contribution in [0.15, 0.2) is 0 Å². The molecule has 4 nitrogen and oxygen atoms in total. The van der Waals surface area contributed by atoms with Crippen LogP contribution in [0.3, 0.4) is 0 Å². The minimum absolute atomic E-state index is 0.000515. The molecule has 0 bridgehead atoms. The second kappa shape index (κ2) is 6.44. The van der Waals surface area contributed by atoms with Crippen molar-refractivity contribution in [3.05, 3.63) is 0 Å². The highest BCUT2D eigenvalue weighted by atomic mass is 16.5. The van der Waals surface area contributed by atoms with Gasteiger partial charge in [-0.25, -0.2) is 0 Å². The Kier molecular flexibility index (Phi) is 5.08. The van der Waals surface area contributed by atoms with Crippen LogP contribution in [0.25, 0.3) is 0 Å². The molecule has 0 heterocycles. The van der Waals surface area contributed by atoms with E-state index in [2.05, 4.69) is 19.2 Å². The molecule has 0 spiro atoms. The molecule has 1 amide bonds. The van der Waals surface area contributed by atoms with E-state index < -0.39 is 0 Å². The van der Waals surface area contributed by atoms with Gasteiger partial charge in [-0.15, -0.1) is 0 Å². The summed E-state index contributed by atoms with van der Waals surface area (Å²) in [7, 11) is 0. The Bertz CT molecular complexity index is 343. The lowest BCUT2D eigenvalue weighted by Gasteiger charge is -2.52. The van der Waals surface area contributed by atoms with E-state index in [0.717, 1.165) is 38.7 Å². The van der Waals surface area contributed by atoms with Gasteiger partial charge in [-0.05, 0) is 26.2 Å². The number of amides is 1. The highest BCUT2D eigenvalue weighted by molar-refractivity contribution is 5.80. The first-order valence-corrected chi connectivity index (χ1v) is 8.14. The van der Waals surface area contributed by atoms with Crippen LogP contribution in [0.1, 0.15) is 59.3 Å². The van der Waals surface area contributed by atoms with Crippen LogP contribution in [-0.4, -0.2) is 30.7 Å². The summed E-state index contributed by atoms with van der Waals surface area (Å²) in [6.07, 6.45) is 6.60. The number of carbonyl (C=O) groups excluding carboxylic acids is 1. The summed E-state index contributed by atoms with van der Waals surface area (Å²) in [5.41, 5.74) is 6.20. The molecule has 2 saturated carbocycles. The van der Waals surface area contributed by atoms with Crippen molar-refractivity contribution >= 4 is 5.91 Å². The van der Waals surface area contributed by atoms with Crippen molar-refractivity contribution in [3.63, 3.8) is 0 Å². The Balaban J connectivity index is 1.88. The van der Waals surface area contributed by atoms with Crippen molar-refractivity contribution in [3.8, 4) is 0 Å². The van der Waals surface area contributed by atoms with Crippen molar-refractivity contribution in [2.75, 3.05) is 6.61 Å². The summed E-state index contributed by atoms with van der Waals surface area (Å²) in [5.74, 6) is 0.159. The zero-order chi connectivity index (χ0) is 14.8. The van der Waals surface area contributed by atoms with Gasteiger partial charge in [-0.2, -0.15) is 0 Å². The maximum Gasteiger partial charge on any atom is 0.224 e. The molecule has 116 valence electrons. The van der Waals surface area contributed by atoms with E-state index >= 15 is 0 Å². The van der Waals surface area contributed by atoms with Gasteiger partial charge in [0, 0.05) is 24.1 Å². The molecule has 4 heteroatoms. The molecule has 0 aliphatic heterocycles. The molecular weight excluding hydrogens is 252 g/mol. The first kappa shape index (κ1) is 15.8. The van der Waals surface area contributed by atoms with Crippen LogP contribution >= 0.6 is 0 Å². The number of carbonyl (C=O) groups is 1. The number of ether oxygens (including phenoxy) is 1. The molecule has 2 rings (SSSR count). The molecule has 3 N–H and O–H groups in total. The van der Waals surface area contributed by atoms with Crippen molar-refractivity contribution in [1.29, 1.82) is 0 Å². The zero-order valence-corrected chi connectivity index (χ0v) is 13.2. The fourth-order valence-electron chi connectivity index (χ4n) is 3.56. The summed E-state index contributed by atoms with van der Waals surface area (Å²) in [5, 5.41) is 3.22. The summed E-state index contributed by atoms with van der Waals surface area (Å²) < 4.78 is 5.72. The number of hydrogen-bond donors (Lipinski definition) is 2. The van der Waals surface area contributed by atoms with E-state index in [4.69, 9.17) is 10.5 Å². The van der Waals surface area contributed by atoms with Crippen LogP contribution in [0.5, 0.6) is 0 Å². The SMILES string of the molecule is CCOC1CC(NC(=O)C2CCCCCC2N)C1(C)C. The van der Waals surface area contributed by atoms with Gasteiger partial charge < -0.3 is 15.8 Å². The molecule has 20 heavy (non-hydrogen) atoms. The van der Waals surface area contributed by atoms with Gasteiger partial charge in [0.05, 0.1) is 12.0 Å². The molecule has 0 aromatic carbocycles. The number of nitrogens with one attached hydrogen (secondary N) is 1. The Hall–Kier alpha value is -0.610. The summed E-state index contributed by atoms with van der Waals surface area (Å²) >= 11 is 0. The highest BCUT2D eigenvalue weighted by Gasteiger charge is 2.50. The monoisotopic (exact) mass is 282 g/mol. The van der Waals surface area contributed by atoms with Crippen LogP contribution in [0.4, 0.5) is 0 Å². The lowest BCUT2D eigenvalue weighted by atomic mass is 9.64. The Morgan fingerprint density at radius 3 is 2.65 bits per heavy atom. The highest BCUT2D eigenvalue weighted by Crippen LogP contribution is 2.43. The second-order valence-corrected chi connectivity index (χ2v) is 6.97. The quantitative estimate of drug-likeness (QED) is 0.777. The van der Waals surface area contributed by atoms with E-state index in [1.807, 2.05) is 6.92 Å². The smallest absolute Gasteiger partial charge is 0.224 e. The summed E-state index contributed by atoms with van der Waals surface area (Å²) in [6.45, 7) is 7.11. The number of hydrogen-bond acceptors (Lipinski definition) is 3. The third-order valence-electron chi connectivity index (χ3n) is 5.27. The standard InChI is InChI=1S/C16H30N2O2/c1-4-20-14-10-13(16(14,2)3)18-15(19)11-8-6-5-7-9-12(11)17/h11-14H,4-10,17H2,1-3H3,(H,18,19). The maximum atomic E-state index is 12.5. The second-order valence-electron chi connectivity index (χ2n) is 6.97. The fourth-order valence-corrected chi connectivity index (χ4v) is 3.56. The third kappa shape index (κ3) is 3.17. The molecule has 4 unspecified atom stereocenters. The largest absolute Gasteiger partial charge is 0.378 e. The van der Waals surface area contributed by atoms with Gasteiger partial charge in [0.2, 0.25) is 5.91 Å². The average molecular weight is 282 g/mol. The number of nitrogens with two attached hydrogens (primary N) is 1. The normalized spacial score (nSPS) is 36.8. The zero-order valence-electron chi connectivity index (χ0n) is 13.2. The van der Waals surface area contributed by atoms with Crippen LogP contribution in [-0.2, 0) is 9.53 Å². The van der Waals surface area contributed by atoms with Crippen molar-refractivity contribution in [2.45, 2.75) is 77.5 Å². The molecule has 0 radical (unpaired) electrons. The first-order chi connectivity index (χ1) is 9.46. The molecule has 0 aromatic heterocycles. The molecule has 0 aromatic rings. The summed E-state index contributed by atoms with van der Waals surface area (Å²) in [6, 6.07) is 0.255. The molecule has 4 atom stereocenters. The van der Waals surface area contributed by atoms with E-state index in [0.29, 0.717) is 0 Å². The van der Waals surface area contributed by atoms with Gasteiger partial charge >= 0.3 is 0 Å². The van der Waals surface area contributed by atoms with Gasteiger partial charge in [0.15, 0.2) is 0 Å². The lowest BCUT2D eigenvalue weighted by Crippen LogP contribution is -2.63. The molecule has 2 aliphatic rings. The number of rotatable bonds is 4. The van der Waals surface area contributed by atoms with E-state index in [-0.39, 0.29) is 35.4 Å². The maximum absolute atomic E-state index is 12.5. The molecule has 0 saturated heterocycles. The molecule has 2 fully saturated rings. The van der Waals surface area contributed by atoms with Crippen LogP contribution in [0.2, 0.25) is 0 Å². The van der Waals surface area contributed by atoms with Crippen molar-refractivity contribution < 1.29 is 9.53 Å². The summed E-state index contributed by atoms with van der Waals surface area (Å²) in [4.78, 5) is 12.5. The lowest BCUT2D eigenvalue weighted by molar-refractivity contribution is -0.140. The van der Waals surface area contributed by atoms with Crippen LogP contribution in [0, 0.1) is 11.3 Å². The van der Waals surface area contributed by atoms with Crippen LogP contribution < -0.4 is 11.1 Å². The molecule has 2 aliphatic carbocycles. The minimum atomic E-state index is -0.000515. The van der Waals surface area contributed by atoms with E-state index in [9.17, 15) is 4.79 Å². The van der Waals surface area contributed by atoms with Gasteiger partial charge in [-0.3, -0.25) is 4.79 Å². The minimum Gasteiger partial charge on any atom is -0.378 e.